The summed E-state index contributed by atoms with van der Waals surface area (Å²) in [6.07, 6.45) is 11.3. The standard InChI is InChI=1S/C18H36N2/c1-18(2,3)16-10-12-20(13-11-16)17(14-19)15-8-6-4-5-7-9-15/h15-17H,4-14,19H2,1-3H3. The summed E-state index contributed by atoms with van der Waals surface area (Å²) in [5, 5.41) is 0. The van der Waals surface area contributed by atoms with E-state index in [2.05, 4.69) is 25.7 Å². The third kappa shape index (κ3) is 4.21. The summed E-state index contributed by atoms with van der Waals surface area (Å²) in [7, 11) is 0. The van der Waals surface area contributed by atoms with Crippen molar-refractivity contribution in [1.29, 1.82) is 0 Å². The van der Waals surface area contributed by atoms with Gasteiger partial charge >= 0.3 is 0 Å². The smallest absolute Gasteiger partial charge is 0.0246 e. The number of hydrogen-bond donors (Lipinski definition) is 1. The van der Waals surface area contributed by atoms with Crippen LogP contribution in [0.1, 0.15) is 72.1 Å². The van der Waals surface area contributed by atoms with Gasteiger partial charge in [-0.05, 0) is 56.0 Å². The number of piperidine rings is 1. The van der Waals surface area contributed by atoms with Gasteiger partial charge in [-0.3, -0.25) is 4.90 Å². The Morgan fingerprint density at radius 2 is 1.50 bits per heavy atom. The van der Waals surface area contributed by atoms with Crippen molar-refractivity contribution in [3.8, 4) is 0 Å². The van der Waals surface area contributed by atoms with Gasteiger partial charge in [0.2, 0.25) is 0 Å². The second-order valence-electron chi connectivity index (χ2n) is 8.23. The molecule has 2 fully saturated rings. The van der Waals surface area contributed by atoms with Crippen LogP contribution in [0, 0.1) is 17.3 Å². The van der Waals surface area contributed by atoms with Gasteiger partial charge in [0.05, 0.1) is 0 Å². The third-order valence-corrected chi connectivity index (χ3v) is 5.91. The fraction of sp³-hybridized carbons (Fsp3) is 1.00. The Bertz CT molecular complexity index is 266. The van der Waals surface area contributed by atoms with Crippen LogP contribution in [0.2, 0.25) is 0 Å². The first-order chi connectivity index (χ1) is 9.52. The van der Waals surface area contributed by atoms with Crippen molar-refractivity contribution >= 4 is 0 Å². The number of rotatable bonds is 3. The second-order valence-corrected chi connectivity index (χ2v) is 8.23. The molecule has 0 radical (unpaired) electrons. The van der Waals surface area contributed by atoms with E-state index in [4.69, 9.17) is 5.73 Å². The monoisotopic (exact) mass is 280 g/mol. The van der Waals surface area contributed by atoms with Gasteiger partial charge in [0.25, 0.3) is 0 Å². The Labute approximate surface area is 126 Å². The molecule has 1 saturated heterocycles. The maximum atomic E-state index is 6.16. The van der Waals surface area contributed by atoms with E-state index in [0.29, 0.717) is 11.5 Å². The lowest BCUT2D eigenvalue weighted by molar-refractivity contribution is 0.0593. The Kier molecular flexibility index (Phi) is 5.92. The molecule has 1 unspecified atom stereocenters. The van der Waals surface area contributed by atoms with Crippen molar-refractivity contribution in [2.45, 2.75) is 78.2 Å². The molecule has 2 aliphatic rings. The summed E-state index contributed by atoms with van der Waals surface area (Å²) in [5.74, 6) is 1.76. The zero-order valence-corrected chi connectivity index (χ0v) is 14.0. The highest BCUT2D eigenvalue weighted by Crippen LogP contribution is 2.36. The molecule has 1 atom stereocenters. The van der Waals surface area contributed by atoms with Crippen LogP contribution in [0.15, 0.2) is 0 Å². The molecule has 2 heteroatoms. The first kappa shape index (κ1) is 16.3. The van der Waals surface area contributed by atoms with E-state index >= 15 is 0 Å². The SMILES string of the molecule is CC(C)(C)C1CCN(C(CN)C2CCCCCC2)CC1. The van der Waals surface area contributed by atoms with E-state index in [-0.39, 0.29) is 0 Å². The maximum absolute atomic E-state index is 6.16. The van der Waals surface area contributed by atoms with E-state index in [1.54, 1.807) is 0 Å². The van der Waals surface area contributed by atoms with Crippen molar-refractivity contribution in [3.63, 3.8) is 0 Å². The predicted octanol–water partition coefficient (Wildman–Crippen LogP) is 4.04. The summed E-state index contributed by atoms with van der Waals surface area (Å²) in [4.78, 5) is 2.73. The normalized spacial score (nSPS) is 26.4. The maximum Gasteiger partial charge on any atom is 0.0246 e. The molecule has 0 aromatic rings. The molecule has 1 saturated carbocycles. The van der Waals surface area contributed by atoms with Crippen molar-refractivity contribution in [3.05, 3.63) is 0 Å². The zero-order valence-electron chi connectivity index (χ0n) is 14.0. The van der Waals surface area contributed by atoms with Crippen LogP contribution in [-0.4, -0.2) is 30.6 Å². The predicted molar refractivity (Wildman–Crippen MR) is 87.8 cm³/mol. The lowest BCUT2D eigenvalue weighted by atomic mass is 9.74. The quantitative estimate of drug-likeness (QED) is 0.791. The molecule has 1 aliphatic carbocycles. The molecule has 2 nitrogen and oxygen atoms in total. The molecular formula is C18H36N2. The summed E-state index contributed by atoms with van der Waals surface area (Å²) in [5.41, 5.74) is 6.64. The van der Waals surface area contributed by atoms with Gasteiger partial charge in [-0.1, -0.05) is 46.5 Å². The summed E-state index contributed by atoms with van der Waals surface area (Å²) in [6, 6.07) is 0.661. The van der Waals surface area contributed by atoms with Crippen LogP contribution < -0.4 is 5.73 Å². The molecule has 0 amide bonds. The lowest BCUT2D eigenvalue weighted by Crippen LogP contribution is -2.50. The lowest BCUT2D eigenvalue weighted by Gasteiger charge is -2.44. The average molecular weight is 280 g/mol. The van der Waals surface area contributed by atoms with Gasteiger partial charge in [0.15, 0.2) is 0 Å². The molecular weight excluding hydrogens is 244 g/mol. The minimum absolute atomic E-state index is 0.479. The third-order valence-electron chi connectivity index (χ3n) is 5.91. The van der Waals surface area contributed by atoms with E-state index in [1.165, 1.54) is 64.5 Å². The summed E-state index contributed by atoms with van der Waals surface area (Å²) >= 11 is 0. The summed E-state index contributed by atoms with van der Waals surface area (Å²) < 4.78 is 0. The Morgan fingerprint density at radius 3 is 1.95 bits per heavy atom. The molecule has 20 heavy (non-hydrogen) atoms. The van der Waals surface area contributed by atoms with Gasteiger partial charge in [-0.15, -0.1) is 0 Å². The fourth-order valence-corrected chi connectivity index (χ4v) is 4.43. The highest BCUT2D eigenvalue weighted by Gasteiger charge is 2.33. The average Bonchev–Trinajstić information content (AvgIpc) is 2.68. The first-order valence-corrected chi connectivity index (χ1v) is 8.96. The first-order valence-electron chi connectivity index (χ1n) is 8.96. The van der Waals surface area contributed by atoms with Gasteiger partial charge in [0.1, 0.15) is 0 Å². The van der Waals surface area contributed by atoms with Crippen molar-refractivity contribution in [2.24, 2.45) is 23.0 Å². The fourth-order valence-electron chi connectivity index (χ4n) is 4.43. The van der Waals surface area contributed by atoms with Crippen molar-refractivity contribution in [1.82, 2.24) is 4.90 Å². The number of hydrogen-bond acceptors (Lipinski definition) is 2. The van der Waals surface area contributed by atoms with Crippen LogP contribution in [0.3, 0.4) is 0 Å². The molecule has 1 aliphatic heterocycles. The number of likely N-dealkylation sites (tertiary alicyclic amines) is 1. The highest BCUT2D eigenvalue weighted by atomic mass is 15.2. The highest BCUT2D eigenvalue weighted by molar-refractivity contribution is 4.87. The number of nitrogens with two attached hydrogens (primary N) is 1. The van der Waals surface area contributed by atoms with Gasteiger partial charge < -0.3 is 5.73 Å². The summed E-state index contributed by atoms with van der Waals surface area (Å²) in [6.45, 7) is 10.6. The minimum Gasteiger partial charge on any atom is -0.329 e. The van der Waals surface area contributed by atoms with E-state index in [1.807, 2.05) is 0 Å². The largest absolute Gasteiger partial charge is 0.329 e. The van der Waals surface area contributed by atoms with Crippen LogP contribution in [0.4, 0.5) is 0 Å². The Morgan fingerprint density at radius 1 is 0.950 bits per heavy atom. The van der Waals surface area contributed by atoms with Crippen LogP contribution in [-0.2, 0) is 0 Å². The molecule has 2 N–H and O–H groups in total. The topological polar surface area (TPSA) is 29.3 Å². The van der Waals surface area contributed by atoms with Gasteiger partial charge in [-0.25, -0.2) is 0 Å². The minimum atomic E-state index is 0.479. The van der Waals surface area contributed by atoms with E-state index < -0.39 is 0 Å². The van der Waals surface area contributed by atoms with Gasteiger partial charge in [0, 0.05) is 12.6 Å². The molecule has 0 aromatic heterocycles. The molecule has 0 spiro atoms. The zero-order chi connectivity index (χ0) is 14.6. The second kappa shape index (κ2) is 7.26. The molecule has 118 valence electrons. The molecule has 0 aromatic carbocycles. The number of nitrogens with zero attached hydrogens (tertiary/aromatic N) is 1. The Balaban J connectivity index is 1.89. The van der Waals surface area contributed by atoms with E-state index in [0.717, 1.165) is 18.4 Å². The van der Waals surface area contributed by atoms with Crippen LogP contribution in [0.25, 0.3) is 0 Å². The molecule has 0 bridgehead atoms. The Hall–Kier alpha value is -0.0800. The van der Waals surface area contributed by atoms with Crippen LogP contribution >= 0.6 is 0 Å². The molecule has 1 heterocycles. The molecule has 2 rings (SSSR count). The van der Waals surface area contributed by atoms with Gasteiger partial charge in [-0.2, -0.15) is 0 Å². The van der Waals surface area contributed by atoms with E-state index in [9.17, 15) is 0 Å². The van der Waals surface area contributed by atoms with Crippen molar-refractivity contribution < 1.29 is 0 Å². The van der Waals surface area contributed by atoms with Crippen molar-refractivity contribution in [2.75, 3.05) is 19.6 Å². The van der Waals surface area contributed by atoms with Crippen LogP contribution in [0.5, 0.6) is 0 Å².